The molecule has 1 atom stereocenters. The first-order valence-corrected chi connectivity index (χ1v) is 9.43. The van der Waals surface area contributed by atoms with E-state index in [1.165, 1.54) is 67.6 Å². The summed E-state index contributed by atoms with van der Waals surface area (Å²) in [6.07, 6.45) is -5.40. The number of halogens is 4. The highest BCUT2D eigenvalue weighted by Gasteiger charge is 2.30. The summed E-state index contributed by atoms with van der Waals surface area (Å²) < 4.78 is 56.9. The number of amides is 2. The minimum Gasteiger partial charge on any atom is -0.481 e. The Morgan fingerprint density at radius 3 is 2.16 bits per heavy atom. The zero-order valence-corrected chi connectivity index (χ0v) is 16.7. The number of benzene rings is 3. The van der Waals surface area contributed by atoms with E-state index >= 15 is 0 Å². The molecule has 0 radical (unpaired) electrons. The Balaban J connectivity index is 1.59. The number of hydrogen-bond donors (Lipinski definition) is 2. The standard InChI is InChI=1S/C23H18F4N2O3/c1-14(21(30)28-18-9-7-17(24)8-10-18)32-20-11-5-15(6-12-20)22(31)29-19-4-2-3-16(13-19)23(25,26)27/h2-14H,1H3,(H,28,30)(H,29,31). The fourth-order valence-corrected chi connectivity index (χ4v) is 2.70. The highest BCUT2D eigenvalue weighted by Crippen LogP contribution is 2.30. The van der Waals surface area contributed by atoms with Crippen LogP contribution in [0, 0.1) is 5.82 Å². The normalized spacial score (nSPS) is 12.0. The van der Waals surface area contributed by atoms with E-state index in [1.807, 2.05) is 0 Å². The predicted molar refractivity (Wildman–Crippen MR) is 111 cm³/mol. The van der Waals surface area contributed by atoms with Crippen LogP contribution in [0.3, 0.4) is 0 Å². The van der Waals surface area contributed by atoms with Crippen molar-refractivity contribution >= 4 is 23.2 Å². The number of rotatable bonds is 6. The van der Waals surface area contributed by atoms with E-state index in [0.717, 1.165) is 12.1 Å². The van der Waals surface area contributed by atoms with Gasteiger partial charge in [-0.15, -0.1) is 0 Å². The minimum atomic E-state index is -4.51. The molecule has 3 aromatic rings. The summed E-state index contributed by atoms with van der Waals surface area (Å²) in [6.45, 7) is 1.52. The molecule has 0 saturated heterocycles. The molecule has 166 valence electrons. The van der Waals surface area contributed by atoms with E-state index in [2.05, 4.69) is 10.6 Å². The molecule has 9 heteroatoms. The molecule has 5 nitrogen and oxygen atoms in total. The number of hydrogen-bond acceptors (Lipinski definition) is 3. The molecular weight excluding hydrogens is 428 g/mol. The lowest BCUT2D eigenvalue weighted by molar-refractivity contribution is -0.137. The van der Waals surface area contributed by atoms with Crippen molar-refractivity contribution in [2.45, 2.75) is 19.2 Å². The lowest BCUT2D eigenvalue weighted by Gasteiger charge is -2.15. The van der Waals surface area contributed by atoms with Crippen LogP contribution in [0.5, 0.6) is 5.75 Å². The van der Waals surface area contributed by atoms with Gasteiger partial charge in [-0.2, -0.15) is 13.2 Å². The van der Waals surface area contributed by atoms with Crippen molar-refractivity contribution in [1.82, 2.24) is 0 Å². The summed E-state index contributed by atoms with van der Waals surface area (Å²) >= 11 is 0. The molecule has 1 unspecified atom stereocenters. The topological polar surface area (TPSA) is 67.4 Å². The van der Waals surface area contributed by atoms with Crippen LogP contribution in [0.1, 0.15) is 22.8 Å². The van der Waals surface area contributed by atoms with E-state index in [9.17, 15) is 27.2 Å². The van der Waals surface area contributed by atoms with Gasteiger partial charge >= 0.3 is 6.18 Å². The second-order valence-electron chi connectivity index (χ2n) is 6.81. The molecule has 0 spiro atoms. The van der Waals surface area contributed by atoms with Crippen LogP contribution in [0.4, 0.5) is 28.9 Å². The number of nitrogens with one attached hydrogen (secondary N) is 2. The van der Waals surface area contributed by atoms with Gasteiger partial charge < -0.3 is 15.4 Å². The Kier molecular flexibility index (Phi) is 6.77. The lowest BCUT2D eigenvalue weighted by atomic mass is 10.1. The quantitative estimate of drug-likeness (QED) is 0.491. The van der Waals surface area contributed by atoms with Gasteiger partial charge in [-0.3, -0.25) is 9.59 Å². The van der Waals surface area contributed by atoms with Gasteiger partial charge in [-0.1, -0.05) is 6.07 Å². The summed E-state index contributed by atoms with van der Waals surface area (Å²) in [5.41, 5.74) is -0.255. The van der Waals surface area contributed by atoms with Crippen molar-refractivity contribution in [2.75, 3.05) is 10.6 Å². The Morgan fingerprint density at radius 2 is 1.53 bits per heavy atom. The highest BCUT2D eigenvalue weighted by atomic mass is 19.4. The number of carbonyl (C=O) groups is 2. The first kappa shape index (κ1) is 22.8. The van der Waals surface area contributed by atoms with Gasteiger partial charge in [0.05, 0.1) is 5.56 Å². The van der Waals surface area contributed by atoms with Gasteiger partial charge in [0, 0.05) is 16.9 Å². The maximum Gasteiger partial charge on any atom is 0.416 e. The monoisotopic (exact) mass is 446 g/mol. The van der Waals surface area contributed by atoms with Crippen LogP contribution in [-0.2, 0) is 11.0 Å². The molecule has 0 fully saturated rings. The predicted octanol–water partition coefficient (Wildman–Crippen LogP) is 5.50. The third kappa shape index (κ3) is 6.07. The zero-order chi connectivity index (χ0) is 23.3. The SMILES string of the molecule is CC(Oc1ccc(C(=O)Nc2cccc(C(F)(F)F)c2)cc1)C(=O)Nc1ccc(F)cc1. The molecular formula is C23H18F4N2O3. The molecule has 2 amide bonds. The van der Waals surface area contributed by atoms with Crippen molar-refractivity contribution < 1.29 is 31.9 Å². The summed E-state index contributed by atoms with van der Waals surface area (Å²) in [5, 5.41) is 5.00. The van der Waals surface area contributed by atoms with E-state index in [0.29, 0.717) is 11.4 Å². The molecule has 32 heavy (non-hydrogen) atoms. The summed E-state index contributed by atoms with van der Waals surface area (Å²) in [7, 11) is 0. The zero-order valence-electron chi connectivity index (χ0n) is 16.7. The number of ether oxygens (including phenoxy) is 1. The molecule has 0 aliphatic carbocycles. The fourth-order valence-electron chi connectivity index (χ4n) is 2.70. The van der Waals surface area contributed by atoms with Crippen LogP contribution in [0.2, 0.25) is 0 Å². The fraction of sp³-hybridized carbons (Fsp3) is 0.130. The van der Waals surface area contributed by atoms with Crippen molar-refractivity contribution in [3.8, 4) is 5.75 Å². The van der Waals surface area contributed by atoms with Gasteiger partial charge in [0.15, 0.2) is 6.10 Å². The van der Waals surface area contributed by atoms with E-state index < -0.39 is 35.5 Å². The Morgan fingerprint density at radius 1 is 0.875 bits per heavy atom. The average Bonchev–Trinajstić information content (AvgIpc) is 2.75. The summed E-state index contributed by atoms with van der Waals surface area (Å²) in [5.74, 6) is -1.17. The van der Waals surface area contributed by atoms with Gasteiger partial charge in [-0.05, 0) is 73.7 Å². The van der Waals surface area contributed by atoms with Crippen molar-refractivity contribution in [1.29, 1.82) is 0 Å². The molecule has 0 aliphatic heterocycles. The minimum absolute atomic E-state index is 0.0104. The van der Waals surface area contributed by atoms with Crippen molar-refractivity contribution in [3.63, 3.8) is 0 Å². The van der Waals surface area contributed by atoms with Crippen LogP contribution in [0.15, 0.2) is 72.8 Å². The molecule has 3 rings (SSSR count). The molecule has 0 saturated carbocycles. The smallest absolute Gasteiger partial charge is 0.416 e. The summed E-state index contributed by atoms with van der Waals surface area (Å²) in [4.78, 5) is 24.5. The maximum atomic E-state index is 12.9. The largest absolute Gasteiger partial charge is 0.481 e. The second-order valence-corrected chi connectivity index (χ2v) is 6.81. The van der Waals surface area contributed by atoms with Crippen LogP contribution < -0.4 is 15.4 Å². The van der Waals surface area contributed by atoms with Crippen LogP contribution in [0.25, 0.3) is 0 Å². The molecule has 3 aromatic carbocycles. The third-order valence-corrected chi connectivity index (χ3v) is 4.36. The van der Waals surface area contributed by atoms with E-state index in [1.54, 1.807) is 0 Å². The molecule has 2 N–H and O–H groups in total. The number of carbonyl (C=O) groups excluding carboxylic acids is 2. The highest BCUT2D eigenvalue weighted by molar-refractivity contribution is 6.04. The average molecular weight is 446 g/mol. The first-order chi connectivity index (χ1) is 15.1. The maximum absolute atomic E-state index is 12.9. The van der Waals surface area contributed by atoms with Gasteiger partial charge in [0.1, 0.15) is 11.6 Å². The van der Waals surface area contributed by atoms with Gasteiger partial charge in [0.25, 0.3) is 11.8 Å². The third-order valence-electron chi connectivity index (χ3n) is 4.36. The van der Waals surface area contributed by atoms with Gasteiger partial charge in [0.2, 0.25) is 0 Å². The van der Waals surface area contributed by atoms with Crippen LogP contribution >= 0.6 is 0 Å². The first-order valence-electron chi connectivity index (χ1n) is 9.43. The molecule has 0 heterocycles. The molecule has 0 aliphatic rings. The summed E-state index contributed by atoms with van der Waals surface area (Å²) in [6, 6.07) is 15.3. The Hall–Kier alpha value is -3.88. The second kappa shape index (κ2) is 9.51. The van der Waals surface area contributed by atoms with Crippen molar-refractivity contribution in [3.05, 3.63) is 89.7 Å². The Labute approximate surface area is 181 Å². The number of alkyl halides is 3. The molecule has 0 bridgehead atoms. The van der Waals surface area contributed by atoms with Crippen molar-refractivity contribution in [2.24, 2.45) is 0 Å². The van der Waals surface area contributed by atoms with Crippen LogP contribution in [-0.4, -0.2) is 17.9 Å². The number of anilines is 2. The molecule has 0 aromatic heterocycles. The van der Waals surface area contributed by atoms with E-state index in [-0.39, 0.29) is 11.3 Å². The lowest BCUT2D eigenvalue weighted by Crippen LogP contribution is -2.30. The Bertz CT molecular complexity index is 1100. The van der Waals surface area contributed by atoms with Gasteiger partial charge in [-0.25, -0.2) is 4.39 Å². The van der Waals surface area contributed by atoms with E-state index in [4.69, 9.17) is 4.74 Å².